The Morgan fingerprint density at radius 1 is 1.67 bits per heavy atom. The quantitative estimate of drug-likeness (QED) is 0.184. The summed E-state index contributed by atoms with van der Waals surface area (Å²) in [7, 11) is 0. The fraction of sp³-hybridized carbons (Fsp3) is 0.750. The van der Waals surface area contributed by atoms with Gasteiger partial charge >= 0.3 is 51.4 Å². The summed E-state index contributed by atoms with van der Waals surface area (Å²) in [5.74, 6) is 0. The van der Waals surface area contributed by atoms with Crippen molar-refractivity contribution in [3.05, 3.63) is 0 Å². The van der Waals surface area contributed by atoms with E-state index in [1.54, 1.807) is 6.92 Å². The van der Waals surface area contributed by atoms with Crippen LogP contribution < -0.4 is 56.5 Å². The molecule has 0 saturated heterocycles. The van der Waals surface area contributed by atoms with Crippen LogP contribution in [0.15, 0.2) is 0 Å². The molecule has 0 unspecified atom stereocenters. The fourth-order valence-electron chi connectivity index (χ4n) is 0.173. The number of hydrogen-bond acceptors (Lipinski definition) is 4. The smallest absolute Gasteiger partial charge is 0.524 e. The molecule has 0 saturated carbocycles. The topological polar surface area (TPSA) is 58.6 Å². The molecule has 0 rings (SSSR count). The molecular formula is C4H7KO4. The van der Waals surface area contributed by atoms with Gasteiger partial charge in [-0.3, -0.25) is 0 Å². The minimum Gasteiger partial charge on any atom is -0.524 e. The summed E-state index contributed by atoms with van der Waals surface area (Å²) in [6.45, 7) is 1.94. The molecule has 0 spiro atoms. The zero-order valence-electron chi connectivity index (χ0n) is 5.55. The maximum absolute atomic E-state index is 9.46. The van der Waals surface area contributed by atoms with E-state index in [9.17, 15) is 9.90 Å². The van der Waals surface area contributed by atoms with Gasteiger partial charge in [0.05, 0.1) is 0 Å². The van der Waals surface area contributed by atoms with Crippen molar-refractivity contribution in [2.24, 2.45) is 0 Å². The second-order valence-corrected chi connectivity index (χ2v) is 1.00. The molecule has 4 nitrogen and oxygen atoms in total. The van der Waals surface area contributed by atoms with Gasteiger partial charge in [-0.25, -0.2) is 0 Å². The van der Waals surface area contributed by atoms with Crippen LogP contribution in [0.2, 0.25) is 0 Å². The van der Waals surface area contributed by atoms with E-state index in [1.807, 2.05) is 0 Å². The van der Waals surface area contributed by atoms with Crippen molar-refractivity contribution in [3.8, 4) is 0 Å². The summed E-state index contributed by atoms with van der Waals surface area (Å²) >= 11 is 0. The van der Waals surface area contributed by atoms with Gasteiger partial charge in [-0.05, 0) is 6.92 Å². The van der Waals surface area contributed by atoms with Crippen LogP contribution in [0.1, 0.15) is 6.92 Å². The number of carboxylic acid groups (broad SMARTS) is 1. The minimum atomic E-state index is -1.56. The largest absolute Gasteiger partial charge is 1.00 e. The fourth-order valence-corrected chi connectivity index (χ4v) is 0.173. The Balaban J connectivity index is 0. The Kier molecular flexibility index (Phi) is 12.3. The minimum absolute atomic E-state index is 0. The SMILES string of the molecule is CCOCOC(=O)[O-].[K+]. The van der Waals surface area contributed by atoms with Gasteiger partial charge in [0.15, 0.2) is 0 Å². The van der Waals surface area contributed by atoms with Crippen LogP contribution in [-0.2, 0) is 9.47 Å². The molecular weight excluding hydrogens is 151 g/mol. The van der Waals surface area contributed by atoms with Crippen molar-refractivity contribution in [2.75, 3.05) is 13.4 Å². The van der Waals surface area contributed by atoms with Crippen molar-refractivity contribution in [2.45, 2.75) is 6.92 Å². The van der Waals surface area contributed by atoms with Crippen molar-refractivity contribution in [1.82, 2.24) is 0 Å². The average Bonchev–Trinajstić information content (AvgIpc) is 1.66. The molecule has 0 aliphatic carbocycles. The molecule has 0 heterocycles. The number of ether oxygens (including phenoxy) is 2. The molecule has 0 aromatic heterocycles. The van der Waals surface area contributed by atoms with Crippen LogP contribution in [-0.4, -0.2) is 19.6 Å². The predicted molar refractivity (Wildman–Crippen MR) is 23.0 cm³/mol. The molecule has 0 aliphatic rings. The molecule has 0 radical (unpaired) electrons. The van der Waals surface area contributed by atoms with Gasteiger partial charge in [0.1, 0.15) is 6.79 Å². The Hall–Kier alpha value is 0.866. The summed E-state index contributed by atoms with van der Waals surface area (Å²) in [5.41, 5.74) is 0. The third-order valence-electron chi connectivity index (χ3n) is 0.464. The molecule has 0 fully saturated rings. The number of hydrogen-bond donors (Lipinski definition) is 0. The van der Waals surface area contributed by atoms with Crippen LogP contribution in [0.3, 0.4) is 0 Å². The van der Waals surface area contributed by atoms with E-state index in [1.165, 1.54) is 0 Å². The zero-order valence-corrected chi connectivity index (χ0v) is 8.67. The van der Waals surface area contributed by atoms with Crippen LogP contribution in [0.25, 0.3) is 0 Å². The molecule has 0 aliphatic heterocycles. The molecule has 5 heteroatoms. The van der Waals surface area contributed by atoms with E-state index in [0.29, 0.717) is 6.61 Å². The van der Waals surface area contributed by atoms with Crippen LogP contribution in [0.4, 0.5) is 4.79 Å². The predicted octanol–water partition coefficient (Wildman–Crippen LogP) is -3.66. The van der Waals surface area contributed by atoms with Gasteiger partial charge in [-0.1, -0.05) is 0 Å². The second kappa shape index (κ2) is 8.87. The molecule has 0 N–H and O–H groups in total. The average molecular weight is 158 g/mol. The molecule has 0 aromatic carbocycles. The van der Waals surface area contributed by atoms with Gasteiger partial charge in [-0.15, -0.1) is 0 Å². The van der Waals surface area contributed by atoms with E-state index in [-0.39, 0.29) is 58.2 Å². The summed E-state index contributed by atoms with van der Waals surface area (Å²) in [6, 6.07) is 0. The molecule has 0 bridgehead atoms. The van der Waals surface area contributed by atoms with Crippen molar-refractivity contribution in [3.63, 3.8) is 0 Å². The molecule has 0 atom stereocenters. The van der Waals surface area contributed by atoms with Crippen LogP contribution >= 0.6 is 0 Å². The monoisotopic (exact) mass is 158 g/mol. The first-order chi connectivity index (χ1) is 3.77. The number of rotatable bonds is 3. The molecule has 0 amide bonds. The van der Waals surface area contributed by atoms with Crippen molar-refractivity contribution < 1.29 is 70.8 Å². The maximum Gasteiger partial charge on any atom is 1.00 e. The van der Waals surface area contributed by atoms with Crippen LogP contribution in [0.5, 0.6) is 0 Å². The van der Waals surface area contributed by atoms with Crippen LogP contribution in [0, 0.1) is 0 Å². The summed E-state index contributed by atoms with van der Waals surface area (Å²) < 4.78 is 8.37. The summed E-state index contributed by atoms with van der Waals surface area (Å²) in [6.07, 6.45) is -1.56. The van der Waals surface area contributed by atoms with E-state index in [2.05, 4.69) is 9.47 Å². The Morgan fingerprint density at radius 2 is 2.22 bits per heavy atom. The Bertz CT molecular complexity index is 75.0. The van der Waals surface area contributed by atoms with Crippen molar-refractivity contribution in [1.29, 1.82) is 0 Å². The second-order valence-electron chi connectivity index (χ2n) is 1.00. The first-order valence-electron chi connectivity index (χ1n) is 2.19. The van der Waals surface area contributed by atoms with E-state index < -0.39 is 6.16 Å². The normalized spacial score (nSPS) is 7.67. The van der Waals surface area contributed by atoms with E-state index in [0.717, 1.165) is 0 Å². The molecule has 9 heavy (non-hydrogen) atoms. The summed E-state index contributed by atoms with van der Waals surface area (Å²) in [4.78, 5) is 9.46. The van der Waals surface area contributed by atoms with Gasteiger partial charge in [-0.2, -0.15) is 0 Å². The first-order valence-corrected chi connectivity index (χ1v) is 2.19. The van der Waals surface area contributed by atoms with Gasteiger partial charge in [0.2, 0.25) is 0 Å². The Morgan fingerprint density at radius 3 is 2.56 bits per heavy atom. The number of carbonyl (C=O) groups excluding carboxylic acids is 1. The van der Waals surface area contributed by atoms with Gasteiger partial charge in [0, 0.05) is 6.61 Å². The van der Waals surface area contributed by atoms with E-state index in [4.69, 9.17) is 0 Å². The molecule has 0 aromatic rings. The maximum atomic E-state index is 9.46. The van der Waals surface area contributed by atoms with Gasteiger partial charge < -0.3 is 19.4 Å². The summed E-state index contributed by atoms with van der Waals surface area (Å²) in [5, 5.41) is 9.46. The third-order valence-corrected chi connectivity index (χ3v) is 0.464. The first kappa shape index (κ1) is 12.5. The van der Waals surface area contributed by atoms with Crippen molar-refractivity contribution >= 4 is 6.16 Å². The molecule has 48 valence electrons. The number of carbonyl (C=O) groups is 1. The van der Waals surface area contributed by atoms with E-state index >= 15 is 0 Å². The standard InChI is InChI=1S/C4H8O4.K/c1-2-7-3-8-4(5)6;/h2-3H2,1H3,(H,5,6);/q;+1/p-1. The third kappa shape index (κ3) is 12.1. The Labute approximate surface area is 95.9 Å². The van der Waals surface area contributed by atoms with Gasteiger partial charge in [0.25, 0.3) is 6.16 Å². The zero-order chi connectivity index (χ0) is 6.41.